The molecule has 2 nitrogen and oxygen atoms in total. The predicted molar refractivity (Wildman–Crippen MR) is 42.3 cm³/mol. The van der Waals surface area contributed by atoms with E-state index in [1.807, 2.05) is 6.08 Å². The van der Waals surface area contributed by atoms with E-state index in [4.69, 9.17) is 10.7 Å². The van der Waals surface area contributed by atoms with Crippen LogP contribution in [0.25, 0.3) is 0 Å². The summed E-state index contributed by atoms with van der Waals surface area (Å²) in [5, 5.41) is 0. The van der Waals surface area contributed by atoms with E-state index in [0.717, 1.165) is 19.3 Å². The molecular formula is C8H15NO. The maximum absolute atomic E-state index is 5.03. The second-order valence-corrected chi connectivity index (χ2v) is 2.19. The molecule has 0 unspecified atom stereocenters. The van der Waals surface area contributed by atoms with E-state index >= 15 is 0 Å². The minimum absolute atomic E-state index is 0.138. The van der Waals surface area contributed by atoms with E-state index in [2.05, 4.69) is 19.2 Å². The highest BCUT2D eigenvalue weighted by molar-refractivity contribution is 4.79. The fraction of sp³-hybridized carbons (Fsp3) is 0.625. The summed E-state index contributed by atoms with van der Waals surface area (Å²) in [6, 6.07) is 0. The predicted octanol–water partition coefficient (Wildman–Crippen LogP) is 1.78. The van der Waals surface area contributed by atoms with E-state index in [1.54, 1.807) is 0 Å². The van der Waals surface area contributed by atoms with Gasteiger partial charge in [-0.05, 0) is 12.5 Å². The Balaban J connectivity index is 3.48. The van der Waals surface area contributed by atoms with Crippen LogP contribution in [0.5, 0.6) is 0 Å². The van der Waals surface area contributed by atoms with E-state index in [0.29, 0.717) is 0 Å². The van der Waals surface area contributed by atoms with Crippen molar-refractivity contribution >= 4 is 0 Å². The minimum Gasteiger partial charge on any atom is -0.301 e. The monoisotopic (exact) mass is 141 g/mol. The molecule has 58 valence electrons. The van der Waals surface area contributed by atoms with Crippen molar-refractivity contribution in [3.05, 3.63) is 18.4 Å². The molecule has 0 aliphatic rings. The molecule has 0 aromatic heterocycles. The Morgan fingerprint density at radius 1 is 1.80 bits per heavy atom. The van der Waals surface area contributed by atoms with Gasteiger partial charge in [0.05, 0.1) is 6.10 Å². The molecule has 0 aliphatic carbocycles. The molecule has 1 atom stereocenters. The standard InChI is InChI=1S/C8H15NO/c1-3-5-7-8(10-9)6-4-2/h5,8H,1,4,6-7,9H2,2H3/t8-/m1/s1. The molecule has 0 fully saturated rings. The number of nitrogens with two attached hydrogens (primary N) is 1. The van der Waals surface area contributed by atoms with Gasteiger partial charge in [-0.1, -0.05) is 19.9 Å². The Labute approximate surface area is 62.3 Å². The van der Waals surface area contributed by atoms with Gasteiger partial charge < -0.3 is 4.84 Å². The van der Waals surface area contributed by atoms with Crippen molar-refractivity contribution < 1.29 is 4.84 Å². The fourth-order valence-corrected chi connectivity index (χ4v) is 0.778. The molecule has 0 amide bonds. The van der Waals surface area contributed by atoms with Crippen LogP contribution in [0.4, 0.5) is 0 Å². The van der Waals surface area contributed by atoms with Gasteiger partial charge in [0.25, 0.3) is 0 Å². The van der Waals surface area contributed by atoms with E-state index in [-0.39, 0.29) is 6.10 Å². The summed E-state index contributed by atoms with van der Waals surface area (Å²) >= 11 is 0. The average Bonchev–Trinajstić information content (AvgIpc) is 1.98. The van der Waals surface area contributed by atoms with Crippen molar-refractivity contribution in [1.29, 1.82) is 0 Å². The van der Waals surface area contributed by atoms with Gasteiger partial charge in [0.1, 0.15) is 0 Å². The smallest absolute Gasteiger partial charge is 0.0827 e. The summed E-state index contributed by atoms with van der Waals surface area (Å²) in [6.45, 7) is 5.55. The average molecular weight is 141 g/mol. The van der Waals surface area contributed by atoms with E-state index < -0.39 is 0 Å². The van der Waals surface area contributed by atoms with Crippen LogP contribution in [-0.2, 0) is 4.84 Å². The highest BCUT2D eigenvalue weighted by Gasteiger charge is 2.02. The zero-order valence-electron chi connectivity index (χ0n) is 6.47. The van der Waals surface area contributed by atoms with Crippen molar-refractivity contribution in [2.75, 3.05) is 0 Å². The van der Waals surface area contributed by atoms with Gasteiger partial charge in [-0.3, -0.25) is 0 Å². The lowest BCUT2D eigenvalue weighted by Crippen LogP contribution is -2.15. The van der Waals surface area contributed by atoms with Crippen LogP contribution in [0, 0.1) is 0 Å². The Kier molecular flexibility index (Phi) is 6.19. The van der Waals surface area contributed by atoms with Crippen LogP contribution in [0.3, 0.4) is 0 Å². The van der Waals surface area contributed by atoms with Gasteiger partial charge in [-0.25, -0.2) is 5.90 Å². The van der Waals surface area contributed by atoms with Crippen molar-refractivity contribution in [3.8, 4) is 0 Å². The third kappa shape index (κ3) is 4.33. The molecule has 0 bridgehead atoms. The Morgan fingerprint density at radius 3 is 2.90 bits per heavy atom. The zero-order chi connectivity index (χ0) is 7.82. The maximum Gasteiger partial charge on any atom is 0.0827 e. The maximum atomic E-state index is 5.03. The third-order valence-corrected chi connectivity index (χ3v) is 1.33. The van der Waals surface area contributed by atoms with Crippen molar-refractivity contribution in [2.24, 2.45) is 5.90 Å². The number of hydrogen-bond donors (Lipinski definition) is 1. The number of hydrogen-bond acceptors (Lipinski definition) is 2. The van der Waals surface area contributed by atoms with Crippen LogP contribution in [0.2, 0.25) is 0 Å². The lowest BCUT2D eigenvalue weighted by atomic mass is 10.1. The minimum atomic E-state index is 0.138. The first-order valence-electron chi connectivity index (χ1n) is 3.55. The van der Waals surface area contributed by atoms with Gasteiger partial charge in [0.15, 0.2) is 0 Å². The lowest BCUT2D eigenvalue weighted by molar-refractivity contribution is 0.0491. The highest BCUT2D eigenvalue weighted by atomic mass is 16.6. The first-order valence-corrected chi connectivity index (χ1v) is 3.55. The second kappa shape index (κ2) is 6.56. The summed E-state index contributed by atoms with van der Waals surface area (Å²) in [7, 11) is 0. The molecular weight excluding hydrogens is 126 g/mol. The van der Waals surface area contributed by atoms with Gasteiger partial charge >= 0.3 is 0 Å². The number of rotatable bonds is 5. The van der Waals surface area contributed by atoms with Crippen molar-refractivity contribution in [3.63, 3.8) is 0 Å². The Morgan fingerprint density at radius 2 is 2.50 bits per heavy atom. The van der Waals surface area contributed by atoms with Crippen LogP contribution >= 0.6 is 0 Å². The summed E-state index contributed by atoms with van der Waals surface area (Å²) in [4.78, 5) is 4.69. The molecule has 0 saturated heterocycles. The summed E-state index contributed by atoms with van der Waals surface area (Å²) in [5.41, 5.74) is 2.68. The van der Waals surface area contributed by atoms with Gasteiger partial charge in [-0.2, -0.15) is 0 Å². The Bertz CT molecular complexity index is 116. The van der Waals surface area contributed by atoms with Crippen molar-refractivity contribution in [2.45, 2.75) is 32.3 Å². The molecule has 0 aromatic carbocycles. The molecule has 0 aromatic rings. The summed E-state index contributed by atoms with van der Waals surface area (Å²) in [5.74, 6) is 5.03. The summed E-state index contributed by atoms with van der Waals surface area (Å²) in [6.07, 6.45) is 4.88. The van der Waals surface area contributed by atoms with Crippen LogP contribution in [-0.4, -0.2) is 6.10 Å². The van der Waals surface area contributed by atoms with Crippen molar-refractivity contribution in [1.82, 2.24) is 0 Å². The molecule has 2 heteroatoms. The first-order chi connectivity index (χ1) is 4.85. The molecule has 2 N–H and O–H groups in total. The van der Waals surface area contributed by atoms with Crippen LogP contribution < -0.4 is 5.90 Å². The Hall–Kier alpha value is -0.560. The normalized spacial score (nSPS) is 12.2. The van der Waals surface area contributed by atoms with E-state index in [9.17, 15) is 0 Å². The molecule has 0 radical (unpaired) electrons. The summed E-state index contributed by atoms with van der Waals surface area (Å²) < 4.78 is 0. The molecule has 0 spiro atoms. The van der Waals surface area contributed by atoms with Gasteiger partial charge in [0, 0.05) is 6.42 Å². The van der Waals surface area contributed by atoms with Crippen LogP contribution in [0.1, 0.15) is 26.2 Å². The largest absolute Gasteiger partial charge is 0.301 e. The lowest BCUT2D eigenvalue weighted by Gasteiger charge is -2.08. The van der Waals surface area contributed by atoms with Gasteiger partial charge in [-0.15, -0.1) is 5.73 Å². The second-order valence-electron chi connectivity index (χ2n) is 2.19. The molecule has 0 rings (SSSR count). The topological polar surface area (TPSA) is 35.2 Å². The first kappa shape index (κ1) is 9.44. The molecule has 0 saturated carbocycles. The molecule has 0 aliphatic heterocycles. The van der Waals surface area contributed by atoms with Gasteiger partial charge in [0.2, 0.25) is 0 Å². The molecule has 10 heavy (non-hydrogen) atoms. The zero-order valence-corrected chi connectivity index (χ0v) is 6.47. The quantitative estimate of drug-likeness (QED) is 0.468. The molecule has 0 heterocycles. The third-order valence-electron chi connectivity index (χ3n) is 1.33. The SMILES string of the molecule is C=C=CC[C@@H](CCC)ON. The fourth-order valence-electron chi connectivity index (χ4n) is 0.778. The highest BCUT2D eigenvalue weighted by Crippen LogP contribution is 2.04. The van der Waals surface area contributed by atoms with E-state index in [1.165, 1.54) is 0 Å². The van der Waals surface area contributed by atoms with Crippen LogP contribution in [0.15, 0.2) is 18.4 Å².